The number of aliphatic hydroxyl groups is 1. The van der Waals surface area contributed by atoms with Gasteiger partial charge in [-0.2, -0.15) is 0 Å². The third-order valence-electron chi connectivity index (χ3n) is 1.98. The average Bonchev–Trinajstić information content (AvgIpc) is 2.11. The molecule has 0 bridgehead atoms. The first-order valence-electron chi connectivity index (χ1n) is 4.16. The molecule has 13 heavy (non-hydrogen) atoms. The van der Waals surface area contributed by atoms with Crippen LogP contribution in [0.2, 0.25) is 0 Å². The molecule has 0 saturated heterocycles. The third kappa shape index (κ3) is 2.12. The lowest BCUT2D eigenvalue weighted by atomic mass is 10.1. The maximum Gasteiger partial charge on any atom is 0.122 e. The van der Waals surface area contributed by atoms with E-state index in [4.69, 9.17) is 9.84 Å². The van der Waals surface area contributed by atoms with Crippen LogP contribution >= 0.6 is 0 Å². The molecule has 72 valence electrons. The maximum atomic E-state index is 9.41. The second-order valence-electron chi connectivity index (χ2n) is 2.92. The molecule has 1 aromatic carbocycles. The predicted octanol–water partition coefficient (Wildman–Crippen LogP) is 1.24. The highest BCUT2D eigenvalue weighted by molar-refractivity contribution is 5.45. The second kappa shape index (κ2) is 4.14. The summed E-state index contributed by atoms with van der Waals surface area (Å²) < 4.78 is 5.11. The number of benzene rings is 1. The van der Waals surface area contributed by atoms with Crippen molar-refractivity contribution in [3.05, 3.63) is 23.3 Å². The third-order valence-corrected chi connectivity index (χ3v) is 1.98. The number of phenols is 1. The topological polar surface area (TPSA) is 49.7 Å². The van der Waals surface area contributed by atoms with Crippen molar-refractivity contribution in [3.63, 3.8) is 0 Å². The number of methoxy groups -OCH3 is 1. The Labute approximate surface area is 77.6 Å². The molecule has 3 heteroatoms. The molecule has 0 aliphatic rings. The fourth-order valence-electron chi connectivity index (χ4n) is 1.22. The molecule has 3 nitrogen and oxygen atoms in total. The summed E-state index contributed by atoms with van der Waals surface area (Å²) in [5.74, 6) is 0.952. The summed E-state index contributed by atoms with van der Waals surface area (Å²) >= 11 is 0. The van der Waals surface area contributed by atoms with Gasteiger partial charge < -0.3 is 14.9 Å². The highest BCUT2D eigenvalue weighted by atomic mass is 16.5. The highest BCUT2D eigenvalue weighted by Gasteiger charge is 2.06. The van der Waals surface area contributed by atoms with Crippen LogP contribution in [0.15, 0.2) is 12.1 Å². The fraction of sp³-hybridized carbons (Fsp3) is 0.400. The van der Waals surface area contributed by atoms with Crippen molar-refractivity contribution < 1.29 is 14.9 Å². The molecule has 0 aliphatic heterocycles. The van der Waals surface area contributed by atoms with Gasteiger partial charge in [0.2, 0.25) is 0 Å². The summed E-state index contributed by atoms with van der Waals surface area (Å²) in [6.45, 7) is 1.86. The summed E-state index contributed by atoms with van der Waals surface area (Å²) in [5, 5.41) is 18.2. The minimum absolute atomic E-state index is 0.0544. The van der Waals surface area contributed by atoms with Crippen molar-refractivity contribution in [1.82, 2.24) is 0 Å². The number of ether oxygens (including phenoxy) is 1. The Kier molecular flexibility index (Phi) is 3.14. The SMILES string of the molecule is COc1cc(C)c(O)cc1CCO. The van der Waals surface area contributed by atoms with Gasteiger partial charge in [0.15, 0.2) is 0 Å². The van der Waals surface area contributed by atoms with Gasteiger partial charge in [-0.3, -0.25) is 0 Å². The van der Waals surface area contributed by atoms with Gasteiger partial charge in [0, 0.05) is 12.2 Å². The molecule has 0 aromatic heterocycles. The number of aliphatic hydroxyl groups excluding tert-OH is 1. The van der Waals surface area contributed by atoms with Crippen molar-refractivity contribution in [2.75, 3.05) is 13.7 Å². The van der Waals surface area contributed by atoms with Gasteiger partial charge in [0.25, 0.3) is 0 Å². The predicted molar refractivity (Wildman–Crippen MR) is 50.2 cm³/mol. The fourth-order valence-corrected chi connectivity index (χ4v) is 1.22. The van der Waals surface area contributed by atoms with E-state index in [1.165, 1.54) is 0 Å². The first-order chi connectivity index (χ1) is 6.19. The Morgan fingerprint density at radius 3 is 2.62 bits per heavy atom. The van der Waals surface area contributed by atoms with Crippen LogP contribution in [-0.4, -0.2) is 23.9 Å². The summed E-state index contributed by atoms with van der Waals surface area (Å²) in [6, 6.07) is 3.39. The molecule has 2 N–H and O–H groups in total. The van der Waals surface area contributed by atoms with Crippen LogP contribution in [-0.2, 0) is 6.42 Å². The van der Waals surface area contributed by atoms with Gasteiger partial charge in [-0.15, -0.1) is 0 Å². The van der Waals surface area contributed by atoms with E-state index in [0.29, 0.717) is 12.2 Å². The molecule has 0 saturated carbocycles. The summed E-state index contributed by atoms with van der Waals surface area (Å²) in [6.07, 6.45) is 0.497. The van der Waals surface area contributed by atoms with Crippen LogP contribution < -0.4 is 4.74 Å². The van der Waals surface area contributed by atoms with Crippen LogP contribution in [0.25, 0.3) is 0 Å². The van der Waals surface area contributed by atoms with Crippen molar-refractivity contribution >= 4 is 0 Å². The maximum absolute atomic E-state index is 9.41. The quantitative estimate of drug-likeness (QED) is 0.739. The largest absolute Gasteiger partial charge is 0.508 e. The monoisotopic (exact) mass is 182 g/mol. The summed E-state index contributed by atoms with van der Waals surface area (Å²) in [7, 11) is 1.58. The van der Waals surface area contributed by atoms with E-state index in [1.807, 2.05) is 0 Å². The number of rotatable bonds is 3. The zero-order chi connectivity index (χ0) is 9.84. The smallest absolute Gasteiger partial charge is 0.122 e. The van der Waals surface area contributed by atoms with Crippen molar-refractivity contribution in [2.24, 2.45) is 0 Å². The Hall–Kier alpha value is -1.22. The number of aryl methyl sites for hydroxylation is 1. The number of aromatic hydroxyl groups is 1. The Morgan fingerprint density at radius 1 is 1.38 bits per heavy atom. The first-order valence-corrected chi connectivity index (χ1v) is 4.16. The summed E-state index contributed by atoms with van der Waals surface area (Å²) in [4.78, 5) is 0. The van der Waals surface area contributed by atoms with E-state index in [1.54, 1.807) is 26.2 Å². The molecular weight excluding hydrogens is 168 g/mol. The van der Waals surface area contributed by atoms with Crippen LogP contribution in [0.4, 0.5) is 0 Å². The highest BCUT2D eigenvalue weighted by Crippen LogP contribution is 2.27. The van der Waals surface area contributed by atoms with Crippen LogP contribution in [0, 0.1) is 6.92 Å². The zero-order valence-corrected chi connectivity index (χ0v) is 7.87. The number of hydrogen-bond acceptors (Lipinski definition) is 3. The lowest BCUT2D eigenvalue weighted by molar-refractivity contribution is 0.296. The molecule has 0 fully saturated rings. The molecule has 0 radical (unpaired) electrons. The minimum Gasteiger partial charge on any atom is -0.508 e. The van der Waals surface area contributed by atoms with Gasteiger partial charge in [0.05, 0.1) is 7.11 Å². The molecule has 0 amide bonds. The molecule has 0 aliphatic carbocycles. The summed E-state index contributed by atoms with van der Waals surface area (Å²) in [5.41, 5.74) is 1.60. The van der Waals surface area contributed by atoms with Gasteiger partial charge in [0.1, 0.15) is 11.5 Å². The molecule has 0 spiro atoms. The van der Waals surface area contributed by atoms with Crippen LogP contribution in [0.3, 0.4) is 0 Å². The minimum atomic E-state index is 0.0544. The lowest BCUT2D eigenvalue weighted by Crippen LogP contribution is -1.96. The Bertz CT molecular complexity index is 294. The van der Waals surface area contributed by atoms with E-state index in [9.17, 15) is 5.11 Å². The zero-order valence-electron chi connectivity index (χ0n) is 7.87. The number of phenolic OH excluding ortho intramolecular Hbond substituents is 1. The van der Waals surface area contributed by atoms with Gasteiger partial charge in [-0.05, 0) is 31.0 Å². The molecule has 1 rings (SSSR count). The van der Waals surface area contributed by atoms with E-state index in [0.717, 1.165) is 11.1 Å². The molecule has 0 atom stereocenters. The van der Waals surface area contributed by atoms with Crippen molar-refractivity contribution in [2.45, 2.75) is 13.3 Å². The van der Waals surface area contributed by atoms with Crippen LogP contribution in [0.5, 0.6) is 11.5 Å². The average molecular weight is 182 g/mol. The normalized spacial score (nSPS) is 10.1. The van der Waals surface area contributed by atoms with Gasteiger partial charge in [-0.25, -0.2) is 0 Å². The van der Waals surface area contributed by atoms with Crippen molar-refractivity contribution in [1.29, 1.82) is 0 Å². The molecule has 1 aromatic rings. The lowest BCUT2D eigenvalue weighted by Gasteiger charge is -2.09. The number of hydrogen-bond donors (Lipinski definition) is 2. The van der Waals surface area contributed by atoms with E-state index in [2.05, 4.69) is 0 Å². The Balaban J connectivity index is 3.09. The van der Waals surface area contributed by atoms with E-state index >= 15 is 0 Å². The van der Waals surface area contributed by atoms with Crippen molar-refractivity contribution in [3.8, 4) is 11.5 Å². The van der Waals surface area contributed by atoms with Gasteiger partial charge in [-0.1, -0.05) is 0 Å². The molecule has 0 unspecified atom stereocenters. The standard InChI is InChI=1S/C10H14O3/c1-7-5-10(13-2)8(3-4-11)6-9(7)12/h5-6,11-12H,3-4H2,1-2H3. The van der Waals surface area contributed by atoms with Crippen LogP contribution in [0.1, 0.15) is 11.1 Å². The van der Waals surface area contributed by atoms with Gasteiger partial charge >= 0.3 is 0 Å². The Morgan fingerprint density at radius 2 is 2.08 bits per heavy atom. The van der Waals surface area contributed by atoms with E-state index < -0.39 is 0 Å². The molecule has 0 heterocycles. The second-order valence-corrected chi connectivity index (χ2v) is 2.92. The first kappa shape index (κ1) is 9.86. The molecular formula is C10H14O3. The van der Waals surface area contributed by atoms with E-state index in [-0.39, 0.29) is 12.4 Å².